The van der Waals surface area contributed by atoms with E-state index in [1.54, 1.807) is 0 Å². The summed E-state index contributed by atoms with van der Waals surface area (Å²) in [5, 5.41) is 5.75. The number of halogens is 3. The van der Waals surface area contributed by atoms with Crippen LogP contribution in [-0.4, -0.2) is 32.1 Å². The lowest BCUT2D eigenvalue weighted by Crippen LogP contribution is -2.36. The van der Waals surface area contributed by atoms with E-state index in [0.717, 1.165) is 24.6 Å². The minimum atomic E-state index is -0.948. The molecule has 1 aromatic carbocycles. The third-order valence-corrected chi connectivity index (χ3v) is 3.00. The van der Waals surface area contributed by atoms with Gasteiger partial charge in [0.05, 0.1) is 13.1 Å². The molecular weight excluding hydrogens is 302 g/mol. The molecule has 0 spiro atoms. The summed E-state index contributed by atoms with van der Waals surface area (Å²) in [4.78, 5) is 11.4. The number of carbonyl (C=O) groups is 1. The fourth-order valence-electron chi connectivity index (χ4n) is 1.70. The molecule has 2 N–H and O–H groups in total. The van der Waals surface area contributed by atoms with Crippen molar-refractivity contribution in [3.05, 3.63) is 29.8 Å². The molecule has 1 aromatic rings. The zero-order chi connectivity index (χ0) is 14.4. The van der Waals surface area contributed by atoms with Gasteiger partial charge in [0.25, 0.3) is 0 Å². The standard InChI is InChI=1S/C14H18F2N2O2.ClH/c15-12-4-3-11(7-13(12)16)20-6-5-18-14(19)9-17-8-10-1-2-10;/h3-4,7,10,17H,1-2,5-6,8-9H2,(H,18,19);1H. The number of hydrogen-bond donors (Lipinski definition) is 2. The van der Waals surface area contributed by atoms with Crippen molar-refractivity contribution >= 4 is 18.3 Å². The van der Waals surface area contributed by atoms with E-state index in [-0.39, 0.29) is 30.7 Å². The number of nitrogens with one attached hydrogen (secondary N) is 2. The lowest BCUT2D eigenvalue weighted by molar-refractivity contribution is -0.120. The zero-order valence-corrected chi connectivity index (χ0v) is 12.3. The summed E-state index contributed by atoms with van der Waals surface area (Å²) in [6, 6.07) is 3.33. The third kappa shape index (κ3) is 6.73. The molecule has 0 unspecified atom stereocenters. The molecule has 1 aliphatic carbocycles. The molecule has 0 bridgehead atoms. The van der Waals surface area contributed by atoms with Gasteiger partial charge in [-0.15, -0.1) is 12.4 Å². The Morgan fingerprint density at radius 3 is 2.71 bits per heavy atom. The number of hydrogen-bond acceptors (Lipinski definition) is 3. The maximum Gasteiger partial charge on any atom is 0.234 e. The molecule has 1 fully saturated rings. The van der Waals surface area contributed by atoms with E-state index in [2.05, 4.69) is 10.6 Å². The second-order valence-corrected chi connectivity index (χ2v) is 4.85. The Kier molecular flexibility index (Phi) is 7.39. The van der Waals surface area contributed by atoms with Crippen molar-refractivity contribution in [1.29, 1.82) is 0 Å². The molecule has 0 heterocycles. The summed E-state index contributed by atoms with van der Waals surface area (Å²) in [5.74, 6) is -0.979. The van der Waals surface area contributed by atoms with Crippen LogP contribution in [-0.2, 0) is 4.79 Å². The van der Waals surface area contributed by atoms with Crippen LogP contribution in [0.1, 0.15) is 12.8 Å². The van der Waals surface area contributed by atoms with E-state index in [0.29, 0.717) is 13.1 Å². The fourth-order valence-corrected chi connectivity index (χ4v) is 1.70. The monoisotopic (exact) mass is 320 g/mol. The highest BCUT2D eigenvalue weighted by Crippen LogP contribution is 2.27. The highest BCUT2D eigenvalue weighted by atomic mass is 35.5. The van der Waals surface area contributed by atoms with E-state index in [9.17, 15) is 13.6 Å². The van der Waals surface area contributed by atoms with Crippen molar-refractivity contribution < 1.29 is 18.3 Å². The van der Waals surface area contributed by atoms with Gasteiger partial charge in [-0.2, -0.15) is 0 Å². The van der Waals surface area contributed by atoms with E-state index >= 15 is 0 Å². The first-order valence-electron chi connectivity index (χ1n) is 6.70. The fraction of sp³-hybridized carbons (Fsp3) is 0.500. The Morgan fingerprint density at radius 1 is 1.29 bits per heavy atom. The van der Waals surface area contributed by atoms with E-state index in [4.69, 9.17) is 4.74 Å². The summed E-state index contributed by atoms with van der Waals surface area (Å²) >= 11 is 0. The molecule has 0 saturated heterocycles. The second kappa shape index (κ2) is 8.79. The summed E-state index contributed by atoms with van der Waals surface area (Å²) in [6.07, 6.45) is 2.49. The van der Waals surface area contributed by atoms with Crippen molar-refractivity contribution in [3.8, 4) is 5.75 Å². The number of benzene rings is 1. The maximum atomic E-state index is 12.9. The third-order valence-electron chi connectivity index (χ3n) is 3.00. The topological polar surface area (TPSA) is 50.4 Å². The summed E-state index contributed by atoms with van der Waals surface area (Å²) in [6.45, 7) is 1.71. The van der Waals surface area contributed by atoms with Crippen molar-refractivity contribution in [2.75, 3.05) is 26.2 Å². The van der Waals surface area contributed by atoms with Gasteiger partial charge in [0, 0.05) is 6.07 Å². The van der Waals surface area contributed by atoms with Crippen LogP contribution in [0, 0.1) is 17.6 Å². The zero-order valence-electron chi connectivity index (χ0n) is 11.5. The minimum absolute atomic E-state index is 0. The van der Waals surface area contributed by atoms with E-state index in [1.165, 1.54) is 18.9 Å². The molecule has 2 rings (SSSR count). The first-order chi connectivity index (χ1) is 9.65. The first kappa shape index (κ1) is 17.7. The van der Waals surface area contributed by atoms with Crippen LogP contribution in [0.3, 0.4) is 0 Å². The first-order valence-corrected chi connectivity index (χ1v) is 6.70. The molecule has 0 atom stereocenters. The number of ether oxygens (including phenoxy) is 1. The van der Waals surface area contributed by atoms with Gasteiger partial charge in [0.2, 0.25) is 5.91 Å². The predicted octanol–water partition coefficient (Wildman–Crippen LogP) is 1.88. The molecule has 7 heteroatoms. The highest BCUT2D eigenvalue weighted by molar-refractivity contribution is 5.85. The molecule has 0 aliphatic heterocycles. The molecular formula is C14H19ClF2N2O2. The molecule has 1 aliphatic rings. The molecule has 1 amide bonds. The Labute approximate surface area is 128 Å². The van der Waals surface area contributed by atoms with Gasteiger partial charge in [-0.25, -0.2) is 8.78 Å². The predicted molar refractivity (Wildman–Crippen MR) is 77.7 cm³/mol. The van der Waals surface area contributed by atoms with Gasteiger partial charge < -0.3 is 15.4 Å². The molecule has 118 valence electrons. The summed E-state index contributed by atoms with van der Waals surface area (Å²) in [7, 11) is 0. The highest BCUT2D eigenvalue weighted by Gasteiger charge is 2.20. The van der Waals surface area contributed by atoms with Gasteiger partial charge >= 0.3 is 0 Å². The molecule has 0 radical (unpaired) electrons. The Balaban J connectivity index is 0.00000220. The maximum absolute atomic E-state index is 12.9. The lowest BCUT2D eigenvalue weighted by Gasteiger charge is -2.08. The van der Waals surface area contributed by atoms with Crippen LogP contribution >= 0.6 is 12.4 Å². The summed E-state index contributed by atoms with van der Waals surface area (Å²) < 4.78 is 30.8. The average Bonchev–Trinajstić information content (AvgIpc) is 3.23. The molecule has 4 nitrogen and oxygen atoms in total. The minimum Gasteiger partial charge on any atom is -0.492 e. The average molecular weight is 321 g/mol. The number of amides is 1. The summed E-state index contributed by atoms with van der Waals surface area (Å²) in [5.41, 5.74) is 0. The van der Waals surface area contributed by atoms with Crippen LogP contribution in [0.2, 0.25) is 0 Å². The van der Waals surface area contributed by atoms with Crippen molar-refractivity contribution in [3.63, 3.8) is 0 Å². The van der Waals surface area contributed by atoms with Crippen molar-refractivity contribution in [1.82, 2.24) is 10.6 Å². The Bertz CT molecular complexity index is 470. The smallest absolute Gasteiger partial charge is 0.234 e. The van der Waals surface area contributed by atoms with E-state index < -0.39 is 11.6 Å². The molecule has 0 aromatic heterocycles. The molecule has 21 heavy (non-hydrogen) atoms. The van der Waals surface area contributed by atoms with Gasteiger partial charge in [-0.3, -0.25) is 4.79 Å². The van der Waals surface area contributed by atoms with Crippen LogP contribution in [0.4, 0.5) is 8.78 Å². The van der Waals surface area contributed by atoms with Gasteiger partial charge in [-0.1, -0.05) is 0 Å². The van der Waals surface area contributed by atoms with Crippen LogP contribution < -0.4 is 15.4 Å². The van der Waals surface area contributed by atoms with Crippen LogP contribution in [0.15, 0.2) is 18.2 Å². The van der Waals surface area contributed by atoms with Gasteiger partial charge in [-0.05, 0) is 37.4 Å². The normalized spacial score (nSPS) is 13.4. The Morgan fingerprint density at radius 2 is 2.05 bits per heavy atom. The van der Waals surface area contributed by atoms with Crippen molar-refractivity contribution in [2.45, 2.75) is 12.8 Å². The van der Waals surface area contributed by atoms with Crippen LogP contribution in [0.25, 0.3) is 0 Å². The van der Waals surface area contributed by atoms with Gasteiger partial charge in [0.1, 0.15) is 12.4 Å². The quantitative estimate of drug-likeness (QED) is 0.719. The largest absolute Gasteiger partial charge is 0.492 e. The SMILES string of the molecule is Cl.O=C(CNCC1CC1)NCCOc1ccc(F)c(F)c1. The van der Waals surface area contributed by atoms with Gasteiger partial charge in [0.15, 0.2) is 11.6 Å². The molecule has 1 saturated carbocycles. The van der Waals surface area contributed by atoms with E-state index in [1.807, 2.05) is 0 Å². The number of rotatable bonds is 8. The van der Waals surface area contributed by atoms with Crippen molar-refractivity contribution in [2.24, 2.45) is 5.92 Å². The Hall–Kier alpha value is -1.40. The second-order valence-electron chi connectivity index (χ2n) is 4.85. The lowest BCUT2D eigenvalue weighted by atomic mass is 10.3. The van der Waals surface area contributed by atoms with Crippen LogP contribution in [0.5, 0.6) is 5.75 Å². The number of carbonyl (C=O) groups excluding carboxylic acids is 1.